The minimum atomic E-state index is -0.625. The van der Waals surface area contributed by atoms with Crippen LogP contribution in [0.1, 0.15) is 26.2 Å². The van der Waals surface area contributed by atoms with E-state index in [1.54, 1.807) is 0 Å². The van der Waals surface area contributed by atoms with Gasteiger partial charge < -0.3 is 10.0 Å². The molecule has 0 bridgehead atoms. The molecule has 1 atom stereocenters. The molecule has 2 fully saturated rings. The summed E-state index contributed by atoms with van der Waals surface area (Å²) in [5.41, 5.74) is 0. The average molecular weight is 226 g/mol. The van der Waals surface area contributed by atoms with Crippen LogP contribution >= 0.6 is 0 Å². The third-order valence-corrected chi connectivity index (χ3v) is 4.01. The first kappa shape index (κ1) is 11.9. The van der Waals surface area contributed by atoms with Gasteiger partial charge in [-0.1, -0.05) is 6.92 Å². The van der Waals surface area contributed by atoms with Crippen molar-refractivity contribution in [1.29, 1.82) is 0 Å². The molecule has 4 nitrogen and oxygen atoms in total. The Balaban J connectivity index is 1.77. The standard InChI is InChI=1S/C12H22N2O2/c1-2-13-6-3-4-11(5-7-13)14-8-10(9-14)12(15)16/h10-11H,2-9H2,1H3,(H,15,16). The van der Waals surface area contributed by atoms with E-state index in [0.717, 1.165) is 19.6 Å². The summed E-state index contributed by atoms with van der Waals surface area (Å²) in [5, 5.41) is 8.85. The fourth-order valence-electron chi connectivity index (χ4n) is 2.79. The normalized spacial score (nSPS) is 29.7. The molecule has 92 valence electrons. The van der Waals surface area contributed by atoms with Gasteiger partial charge in [-0.05, 0) is 38.9 Å². The summed E-state index contributed by atoms with van der Waals surface area (Å²) in [6.45, 7) is 7.28. The van der Waals surface area contributed by atoms with Gasteiger partial charge in [0, 0.05) is 19.1 Å². The van der Waals surface area contributed by atoms with Crippen molar-refractivity contribution in [2.75, 3.05) is 32.7 Å². The molecule has 0 spiro atoms. The van der Waals surface area contributed by atoms with Crippen molar-refractivity contribution < 1.29 is 9.90 Å². The van der Waals surface area contributed by atoms with Crippen LogP contribution in [0.3, 0.4) is 0 Å². The third kappa shape index (κ3) is 2.55. The maximum Gasteiger partial charge on any atom is 0.309 e. The van der Waals surface area contributed by atoms with Gasteiger partial charge in [0.1, 0.15) is 0 Å². The van der Waals surface area contributed by atoms with Gasteiger partial charge in [-0.15, -0.1) is 0 Å². The summed E-state index contributed by atoms with van der Waals surface area (Å²) >= 11 is 0. The molecule has 0 aromatic rings. The van der Waals surface area contributed by atoms with Crippen molar-refractivity contribution in [3.05, 3.63) is 0 Å². The molecular weight excluding hydrogens is 204 g/mol. The van der Waals surface area contributed by atoms with Crippen LogP contribution in [0, 0.1) is 5.92 Å². The second kappa shape index (κ2) is 5.15. The van der Waals surface area contributed by atoms with E-state index in [9.17, 15) is 4.79 Å². The second-order valence-electron chi connectivity index (χ2n) is 5.01. The number of rotatable bonds is 3. The van der Waals surface area contributed by atoms with Gasteiger partial charge in [0.15, 0.2) is 0 Å². The Bertz CT molecular complexity index is 251. The summed E-state index contributed by atoms with van der Waals surface area (Å²) < 4.78 is 0. The lowest BCUT2D eigenvalue weighted by Gasteiger charge is -2.42. The van der Waals surface area contributed by atoms with Crippen molar-refractivity contribution in [3.63, 3.8) is 0 Å². The lowest BCUT2D eigenvalue weighted by molar-refractivity contribution is -0.148. The van der Waals surface area contributed by atoms with E-state index in [1.807, 2.05) is 0 Å². The summed E-state index contributed by atoms with van der Waals surface area (Å²) in [6.07, 6.45) is 3.70. The van der Waals surface area contributed by atoms with E-state index < -0.39 is 5.97 Å². The number of aliphatic carboxylic acids is 1. The Morgan fingerprint density at radius 3 is 2.69 bits per heavy atom. The largest absolute Gasteiger partial charge is 0.481 e. The number of hydrogen-bond donors (Lipinski definition) is 1. The van der Waals surface area contributed by atoms with Crippen LogP contribution in [-0.2, 0) is 4.79 Å². The molecule has 16 heavy (non-hydrogen) atoms. The fourth-order valence-corrected chi connectivity index (χ4v) is 2.79. The minimum Gasteiger partial charge on any atom is -0.481 e. The van der Waals surface area contributed by atoms with E-state index in [0.29, 0.717) is 6.04 Å². The Kier molecular flexibility index (Phi) is 3.82. The maximum absolute atomic E-state index is 10.7. The van der Waals surface area contributed by atoms with Crippen LogP contribution in [0.5, 0.6) is 0 Å². The summed E-state index contributed by atoms with van der Waals surface area (Å²) in [4.78, 5) is 15.6. The summed E-state index contributed by atoms with van der Waals surface area (Å²) in [5.74, 6) is -0.731. The Labute approximate surface area is 97.2 Å². The summed E-state index contributed by atoms with van der Waals surface area (Å²) in [7, 11) is 0. The van der Waals surface area contributed by atoms with E-state index in [4.69, 9.17) is 5.11 Å². The molecule has 0 amide bonds. The highest BCUT2D eigenvalue weighted by atomic mass is 16.4. The highest BCUT2D eigenvalue weighted by Crippen LogP contribution is 2.25. The number of nitrogens with zero attached hydrogens (tertiary/aromatic N) is 2. The van der Waals surface area contributed by atoms with E-state index in [-0.39, 0.29) is 5.92 Å². The van der Waals surface area contributed by atoms with Gasteiger partial charge in [0.2, 0.25) is 0 Å². The van der Waals surface area contributed by atoms with Gasteiger partial charge in [0.25, 0.3) is 0 Å². The highest BCUT2D eigenvalue weighted by molar-refractivity contribution is 5.71. The average Bonchev–Trinajstić information content (AvgIpc) is 2.40. The number of likely N-dealkylation sites (tertiary alicyclic amines) is 2. The Morgan fingerprint density at radius 1 is 1.31 bits per heavy atom. The molecule has 2 heterocycles. The monoisotopic (exact) mass is 226 g/mol. The molecule has 4 heteroatoms. The van der Waals surface area contributed by atoms with Crippen LogP contribution < -0.4 is 0 Å². The zero-order chi connectivity index (χ0) is 11.5. The van der Waals surface area contributed by atoms with Gasteiger partial charge in [-0.25, -0.2) is 0 Å². The van der Waals surface area contributed by atoms with Crippen LogP contribution in [0.4, 0.5) is 0 Å². The Hall–Kier alpha value is -0.610. The first-order valence-electron chi connectivity index (χ1n) is 6.40. The summed E-state index contributed by atoms with van der Waals surface area (Å²) in [6, 6.07) is 0.632. The van der Waals surface area contributed by atoms with E-state index >= 15 is 0 Å². The van der Waals surface area contributed by atoms with Crippen molar-refractivity contribution in [2.24, 2.45) is 5.92 Å². The molecule has 2 aliphatic rings. The van der Waals surface area contributed by atoms with Gasteiger partial charge in [-0.3, -0.25) is 9.69 Å². The Morgan fingerprint density at radius 2 is 2.06 bits per heavy atom. The molecule has 2 aliphatic heterocycles. The fraction of sp³-hybridized carbons (Fsp3) is 0.917. The van der Waals surface area contributed by atoms with Crippen molar-refractivity contribution in [1.82, 2.24) is 9.80 Å². The lowest BCUT2D eigenvalue weighted by atomic mass is 9.95. The first-order valence-corrected chi connectivity index (χ1v) is 6.40. The van der Waals surface area contributed by atoms with Crippen LogP contribution in [-0.4, -0.2) is 59.6 Å². The highest BCUT2D eigenvalue weighted by Gasteiger charge is 2.36. The van der Waals surface area contributed by atoms with Crippen molar-refractivity contribution in [3.8, 4) is 0 Å². The molecule has 0 saturated carbocycles. The first-order chi connectivity index (χ1) is 7.70. The van der Waals surface area contributed by atoms with Crippen LogP contribution in [0.25, 0.3) is 0 Å². The smallest absolute Gasteiger partial charge is 0.309 e. The van der Waals surface area contributed by atoms with Crippen LogP contribution in [0.2, 0.25) is 0 Å². The number of hydrogen-bond acceptors (Lipinski definition) is 3. The predicted octanol–water partition coefficient (Wildman–Crippen LogP) is 0.877. The van der Waals surface area contributed by atoms with Crippen molar-refractivity contribution in [2.45, 2.75) is 32.2 Å². The number of carboxylic acids is 1. The molecule has 0 aromatic heterocycles. The molecule has 1 unspecified atom stereocenters. The zero-order valence-electron chi connectivity index (χ0n) is 10.1. The minimum absolute atomic E-state index is 0.106. The van der Waals surface area contributed by atoms with Crippen LogP contribution in [0.15, 0.2) is 0 Å². The molecule has 2 rings (SSSR count). The molecule has 0 aliphatic carbocycles. The predicted molar refractivity (Wildman–Crippen MR) is 62.5 cm³/mol. The zero-order valence-corrected chi connectivity index (χ0v) is 10.1. The second-order valence-corrected chi connectivity index (χ2v) is 5.01. The number of carboxylic acid groups (broad SMARTS) is 1. The SMILES string of the molecule is CCN1CCCC(N2CC(C(=O)O)C2)CC1. The number of carbonyl (C=O) groups is 1. The molecule has 0 radical (unpaired) electrons. The van der Waals surface area contributed by atoms with E-state index in [2.05, 4.69) is 16.7 Å². The molecule has 1 N–H and O–H groups in total. The third-order valence-electron chi connectivity index (χ3n) is 4.01. The van der Waals surface area contributed by atoms with Gasteiger partial charge in [0.05, 0.1) is 5.92 Å². The molecule has 0 aromatic carbocycles. The van der Waals surface area contributed by atoms with E-state index in [1.165, 1.54) is 32.4 Å². The van der Waals surface area contributed by atoms with Crippen molar-refractivity contribution >= 4 is 5.97 Å². The maximum atomic E-state index is 10.7. The van der Waals surface area contributed by atoms with Gasteiger partial charge >= 0.3 is 5.97 Å². The molecule has 2 saturated heterocycles. The quantitative estimate of drug-likeness (QED) is 0.776. The molecular formula is C12H22N2O2. The topological polar surface area (TPSA) is 43.8 Å². The lowest BCUT2D eigenvalue weighted by Crippen LogP contribution is -2.54. The van der Waals surface area contributed by atoms with Gasteiger partial charge in [-0.2, -0.15) is 0 Å².